The Morgan fingerprint density at radius 2 is 1.88 bits per heavy atom. The lowest BCUT2D eigenvalue weighted by atomic mass is 9.93. The largest absolute Gasteiger partial charge is 0.348 e. The van der Waals surface area contributed by atoms with E-state index in [1.807, 2.05) is 56.0 Å². The number of likely N-dealkylation sites (tertiary alicyclic amines) is 1. The summed E-state index contributed by atoms with van der Waals surface area (Å²) < 4.78 is 0. The zero-order valence-corrected chi connectivity index (χ0v) is 26.5. The molecular formula is C30H39N7OS3. The predicted octanol–water partition coefficient (Wildman–Crippen LogP) is 6.31. The number of H-pyrrole nitrogens is 1. The molecule has 41 heavy (non-hydrogen) atoms. The third kappa shape index (κ3) is 8.81. The van der Waals surface area contributed by atoms with Crippen molar-refractivity contribution in [1.82, 2.24) is 25.1 Å². The first-order valence-electron chi connectivity index (χ1n) is 13.9. The van der Waals surface area contributed by atoms with Crippen LogP contribution < -0.4 is 10.2 Å². The number of aromatic amines is 1. The fraction of sp³-hybridized carbons (Fsp3) is 0.433. The highest BCUT2D eigenvalue weighted by Gasteiger charge is 2.25. The zero-order chi connectivity index (χ0) is 29.0. The molecule has 1 amide bonds. The number of anilines is 2. The third-order valence-electron chi connectivity index (χ3n) is 7.18. The second-order valence-corrected chi connectivity index (χ2v) is 12.4. The molecule has 6 rings (SSSR count). The van der Waals surface area contributed by atoms with Crippen molar-refractivity contribution in [3.05, 3.63) is 53.8 Å². The second-order valence-electron chi connectivity index (χ2n) is 10.2. The van der Waals surface area contributed by atoms with Crippen LogP contribution >= 0.6 is 35.3 Å². The summed E-state index contributed by atoms with van der Waals surface area (Å²) in [7, 11) is 0. The minimum absolute atomic E-state index is 0.645. The first-order chi connectivity index (χ1) is 20.0. The first-order valence-corrected chi connectivity index (χ1v) is 16.9. The number of nitrogens with zero attached hydrogens (tertiary/aromatic N) is 5. The summed E-state index contributed by atoms with van der Waals surface area (Å²) in [4.78, 5) is 25.3. The molecule has 0 unspecified atom stereocenters. The highest BCUT2D eigenvalue weighted by atomic mass is 32.2. The molecule has 0 aliphatic carbocycles. The third-order valence-corrected chi connectivity index (χ3v) is 8.47. The molecule has 0 spiro atoms. The number of rotatable bonds is 7. The van der Waals surface area contributed by atoms with Crippen LogP contribution in [0.2, 0.25) is 0 Å². The van der Waals surface area contributed by atoms with Gasteiger partial charge in [-0.1, -0.05) is 12.2 Å². The second kappa shape index (κ2) is 16.0. The lowest BCUT2D eigenvalue weighted by Crippen LogP contribution is -2.38. The van der Waals surface area contributed by atoms with Crippen LogP contribution in [-0.4, -0.2) is 81.6 Å². The number of thioether (sulfide) groups is 1. The Hall–Kier alpha value is -2.86. The van der Waals surface area contributed by atoms with Crippen LogP contribution in [-0.2, 0) is 4.79 Å². The van der Waals surface area contributed by atoms with E-state index in [1.165, 1.54) is 48.8 Å². The molecule has 2 N–H and O–H groups in total. The molecule has 0 atom stereocenters. The number of fused-ring (bicyclic) bond motifs is 1. The van der Waals surface area contributed by atoms with Gasteiger partial charge in [-0.15, -0.1) is 11.3 Å². The molecule has 3 aromatic heterocycles. The van der Waals surface area contributed by atoms with Crippen LogP contribution in [0.25, 0.3) is 22.2 Å². The predicted molar refractivity (Wildman–Crippen MR) is 179 cm³/mol. The summed E-state index contributed by atoms with van der Waals surface area (Å²) in [5.74, 6) is 0.645. The van der Waals surface area contributed by atoms with E-state index < -0.39 is 0 Å². The minimum atomic E-state index is 0.645. The van der Waals surface area contributed by atoms with Crippen molar-refractivity contribution >= 4 is 68.3 Å². The number of benzene rings is 1. The van der Waals surface area contributed by atoms with E-state index in [2.05, 4.69) is 40.7 Å². The first kappa shape index (κ1) is 31.1. The van der Waals surface area contributed by atoms with Crippen LogP contribution in [0.3, 0.4) is 0 Å². The van der Waals surface area contributed by atoms with Gasteiger partial charge in [0.15, 0.2) is 5.13 Å². The Labute approximate surface area is 256 Å². The standard InChI is InChI=1S/C14H12N4O.C14H21N3S2.C2H6S/c1-9-6-10(4-5-15-9)14-12-7-11(16-8-19)2-3-13(12)17-18-14;18-13(11-16-6-1-2-7-16)12-3-8-17(9-4-12)14-15-5-10-19-14;1-3-2/h2-8H,1H3,(H,16,19)(H,17,18);5,10,12H,1-4,6-9,11H2;1-2H3. The fourth-order valence-corrected chi connectivity index (χ4v) is 6.25. The molecular weight excluding hydrogens is 571 g/mol. The van der Waals surface area contributed by atoms with Crippen molar-refractivity contribution in [3.63, 3.8) is 0 Å². The van der Waals surface area contributed by atoms with Gasteiger partial charge in [0.2, 0.25) is 6.41 Å². The van der Waals surface area contributed by atoms with Gasteiger partial charge in [0.25, 0.3) is 0 Å². The number of carbonyl (C=O) groups excluding carboxylic acids is 1. The molecule has 11 heteroatoms. The number of hydrogen-bond acceptors (Lipinski definition) is 9. The van der Waals surface area contributed by atoms with Crippen molar-refractivity contribution < 1.29 is 4.79 Å². The maximum absolute atomic E-state index is 10.5. The van der Waals surface area contributed by atoms with Gasteiger partial charge in [-0.3, -0.25) is 19.8 Å². The van der Waals surface area contributed by atoms with Gasteiger partial charge in [0.05, 0.1) is 5.52 Å². The number of pyridine rings is 1. The fourth-order valence-electron chi connectivity index (χ4n) is 5.14. The van der Waals surface area contributed by atoms with Crippen LogP contribution in [0.4, 0.5) is 10.8 Å². The van der Waals surface area contributed by atoms with Gasteiger partial charge in [-0.2, -0.15) is 16.9 Å². The van der Waals surface area contributed by atoms with Crippen LogP contribution in [0.5, 0.6) is 0 Å². The van der Waals surface area contributed by atoms with E-state index in [9.17, 15) is 4.79 Å². The van der Waals surface area contributed by atoms with Gasteiger partial charge in [0, 0.05) is 64.6 Å². The van der Waals surface area contributed by atoms with Gasteiger partial charge < -0.3 is 10.2 Å². The maximum atomic E-state index is 10.5. The molecule has 1 aromatic carbocycles. The van der Waals surface area contributed by atoms with Gasteiger partial charge in [-0.05, 0) is 94.5 Å². The van der Waals surface area contributed by atoms with E-state index in [1.54, 1.807) is 29.3 Å². The molecule has 0 bridgehead atoms. The van der Waals surface area contributed by atoms with Crippen molar-refractivity contribution in [3.8, 4) is 11.3 Å². The molecule has 2 fully saturated rings. The quantitative estimate of drug-likeness (QED) is 0.186. The molecule has 2 saturated heterocycles. The number of hydrogen-bond donors (Lipinski definition) is 2. The molecule has 2 aliphatic heterocycles. The molecule has 5 heterocycles. The lowest BCUT2D eigenvalue weighted by molar-refractivity contribution is -0.105. The number of aryl methyl sites for hydroxylation is 1. The highest BCUT2D eigenvalue weighted by Crippen LogP contribution is 2.29. The Morgan fingerprint density at radius 3 is 2.54 bits per heavy atom. The minimum Gasteiger partial charge on any atom is -0.348 e. The van der Waals surface area contributed by atoms with E-state index >= 15 is 0 Å². The van der Waals surface area contributed by atoms with E-state index in [-0.39, 0.29) is 0 Å². The Balaban J connectivity index is 0.000000173. The monoisotopic (exact) mass is 609 g/mol. The van der Waals surface area contributed by atoms with Crippen LogP contribution in [0.15, 0.2) is 48.1 Å². The van der Waals surface area contributed by atoms with Crippen molar-refractivity contribution in [2.45, 2.75) is 32.6 Å². The van der Waals surface area contributed by atoms with Crippen molar-refractivity contribution in [2.75, 3.05) is 55.5 Å². The number of thiocarbonyl (C=S) groups is 1. The SMILES string of the molecule is CSC.Cc1cc(-c2n[nH]c3ccc(NC=O)cc23)ccn1.S=C(CN1CCCC1)C1CCN(c2nccs2)CC1. The van der Waals surface area contributed by atoms with Gasteiger partial charge in [0.1, 0.15) is 5.69 Å². The molecule has 2 aliphatic rings. The summed E-state index contributed by atoms with van der Waals surface area (Å²) in [5.41, 5.74) is 4.48. The number of carbonyl (C=O) groups is 1. The van der Waals surface area contributed by atoms with E-state index in [0.717, 1.165) is 53.2 Å². The topological polar surface area (TPSA) is 90.0 Å². The number of nitrogens with one attached hydrogen (secondary N) is 2. The number of aromatic nitrogens is 4. The number of amides is 1. The van der Waals surface area contributed by atoms with E-state index in [0.29, 0.717) is 12.3 Å². The Bertz CT molecular complexity index is 1380. The highest BCUT2D eigenvalue weighted by molar-refractivity contribution is 7.97. The Kier molecular flexibility index (Phi) is 12.1. The average Bonchev–Trinajstić information content (AvgIpc) is 3.77. The summed E-state index contributed by atoms with van der Waals surface area (Å²) in [5, 5.41) is 14.2. The lowest BCUT2D eigenvalue weighted by Gasteiger charge is -2.33. The molecule has 0 saturated carbocycles. The van der Waals surface area contributed by atoms with Crippen molar-refractivity contribution in [2.24, 2.45) is 5.92 Å². The summed E-state index contributed by atoms with van der Waals surface area (Å²) in [6.07, 6.45) is 13.5. The summed E-state index contributed by atoms with van der Waals surface area (Å²) >= 11 is 9.17. The Morgan fingerprint density at radius 1 is 1.12 bits per heavy atom. The molecule has 8 nitrogen and oxygen atoms in total. The van der Waals surface area contributed by atoms with Gasteiger partial charge in [-0.25, -0.2) is 4.98 Å². The molecule has 0 radical (unpaired) electrons. The van der Waals surface area contributed by atoms with Crippen molar-refractivity contribution in [1.29, 1.82) is 0 Å². The average molecular weight is 610 g/mol. The molecule has 4 aromatic rings. The van der Waals surface area contributed by atoms with Crippen LogP contribution in [0, 0.1) is 12.8 Å². The van der Waals surface area contributed by atoms with Crippen LogP contribution in [0.1, 0.15) is 31.4 Å². The normalized spacial score (nSPS) is 15.5. The zero-order valence-electron chi connectivity index (χ0n) is 24.0. The number of thiazole rings is 1. The maximum Gasteiger partial charge on any atom is 0.211 e. The van der Waals surface area contributed by atoms with Gasteiger partial charge >= 0.3 is 0 Å². The summed E-state index contributed by atoms with van der Waals surface area (Å²) in [6.45, 7) is 7.71. The number of piperidine rings is 1. The summed E-state index contributed by atoms with van der Waals surface area (Å²) in [6, 6.07) is 9.53. The smallest absolute Gasteiger partial charge is 0.211 e. The molecule has 218 valence electrons. The van der Waals surface area contributed by atoms with E-state index in [4.69, 9.17) is 12.2 Å².